The SMILES string of the molecule is CN1Cc2c(Cl)cc(Cl)cc2[C@H](c2ccccc2N2C=CC(C)(C)C2)C1. The van der Waals surface area contributed by atoms with E-state index in [9.17, 15) is 0 Å². The third-order valence-corrected chi connectivity index (χ3v) is 5.95. The largest absolute Gasteiger partial charge is 0.347 e. The molecule has 2 aliphatic heterocycles. The third kappa shape index (κ3) is 3.26. The Kier molecular flexibility index (Phi) is 4.54. The summed E-state index contributed by atoms with van der Waals surface area (Å²) in [6.07, 6.45) is 4.51. The van der Waals surface area contributed by atoms with E-state index >= 15 is 0 Å². The van der Waals surface area contributed by atoms with Gasteiger partial charge < -0.3 is 9.80 Å². The molecule has 0 aliphatic carbocycles. The molecule has 0 unspecified atom stereocenters. The zero-order valence-corrected chi connectivity index (χ0v) is 17.0. The van der Waals surface area contributed by atoms with E-state index < -0.39 is 0 Å². The number of fused-ring (bicyclic) bond motifs is 1. The first kappa shape index (κ1) is 17.9. The summed E-state index contributed by atoms with van der Waals surface area (Å²) in [5.41, 5.74) is 5.26. The van der Waals surface area contributed by atoms with Crippen molar-refractivity contribution < 1.29 is 0 Å². The molecule has 4 heteroatoms. The Morgan fingerprint density at radius 3 is 2.58 bits per heavy atom. The summed E-state index contributed by atoms with van der Waals surface area (Å²) < 4.78 is 0. The Morgan fingerprint density at radius 1 is 1.08 bits per heavy atom. The first-order chi connectivity index (χ1) is 12.3. The van der Waals surface area contributed by atoms with Crippen molar-refractivity contribution in [1.29, 1.82) is 0 Å². The van der Waals surface area contributed by atoms with E-state index in [0.29, 0.717) is 5.02 Å². The van der Waals surface area contributed by atoms with Crippen LogP contribution in [-0.2, 0) is 6.54 Å². The average Bonchev–Trinajstić information content (AvgIpc) is 2.95. The molecule has 2 aliphatic rings. The highest BCUT2D eigenvalue weighted by atomic mass is 35.5. The normalized spacial score (nSPS) is 21.9. The molecular formula is C22H24Cl2N2. The van der Waals surface area contributed by atoms with Crippen LogP contribution in [0.4, 0.5) is 5.69 Å². The number of likely N-dealkylation sites (N-methyl/N-ethyl adjacent to an activating group) is 1. The monoisotopic (exact) mass is 386 g/mol. The number of benzene rings is 2. The Labute approximate surface area is 166 Å². The molecule has 2 nitrogen and oxygen atoms in total. The van der Waals surface area contributed by atoms with Gasteiger partial charge in [-0.25, -0.2) is 0 Å². The second-order valence-electron chi connectivity index (χ2n) is 8.20. The van der Waals surface area contributed by atoms with Gasteiger partial charge in [-0.3, -0.25) is 0 Å². The summed E-state index contributed by atoms with van der Waals surface area (Å²) in [4.78, 5) is 4.71. The van der Waals surface area contributed by atoms with Gasteiger partial charge in [0, 0.05) is 52.9 Å². The Balaban J connectivity index is 1.82. The third-order valence-electron chi connectivity index (χ3n) is 5.40. The van der Waals surface area contributed by atoms with Crippen LogP contribution in [0.2, 0.25) is 10.0 Å². The van der Waals surface area contributed by atoms with Crippen LogP contribution in [-0.4, -0.2) is 25.0 Å². The summed E-state index contributed by atoms with van der Waals surface area (Å²) in [6.45, 7) is 7.36. The summed E-state index contributed by atoms with van der Waals surface area (Å²) in [6, 6.07) is 12.7. The lowest BCUT2D eigenvalue weighted by Gasteiger charge is -2.35. The highest BCUT2D eigenvalue weighted by Gasteiger charge is 2.31. The van der Waals surface area contributed by atoms with E-state index in [4.69, 9.17) is 23.2 Å². The minimum Gasteiger partial charge on any atom is -0.347 e. The summed E-state index contributed by atoms with van der Waals surface area (Å²) in [5, 5.41) is 1.48. The molecule has 0 spiro atoms. The van der Waals surface area contributed by atoms with Gasteiger partial charge in [0.25, 0.3) is 0 Å². The number of hydrogen-bond donors (Lipinski definition) is 0. The van der Waals surface area contributed by atoms with Crippen LogP contribution in [0.3, 0.4) is 0 Å². The molecule has 2 aromatic carbocycles. The standard InChI is InChI=1S/C22H24Cl2N2/c1-22(2)8-9-26(14-22)21-7-5-4-6-16(21)18-12-25(3)13-19-17(18)10-15(23)11-20(19)24/h4-11,18H,12-14H2,1-3H3/t18-/m0/s1. The van der Waals surface area contributed by atoms with Crippen LogP contribution in [0, 0.1) is 5.41 Å². The van der Waals surface area contributed by atoms with Crippen LogP contribution in [0.15, 0.2) is 48.7 Å². The van der Waals surface area contributed by atoms with Gasteiger partial charge in [-0.1, -0.05) is 61.3 Å². The molecule has 0 fully saturated rings. The molecule has 0 amide bonds. The molecule has 0 radical (unpaired) electrons. The van der Waals surface area contributed by atoms with E-state index in [-0.39, 0.29) is 11.3 Å². The zero-order valence-electron chi connectivity index (χ0n) is 15.5. The van der Waals surface area contributed by atoms with Gasteiger partial charge in [0.2, 0.25) is 0 Å². The van der Waals surface area contributed by atoms with Gasteiger partial charge in [-0.15, -0.1) is 0 Å². The van der Waals surface area contributed by atoms with Crippen molar-refractivity contribution in [3.63, 3.8) is 0 Å². The molecule has 136 valence electrons. The van der Waals surface area contributed by atoms with Crippen LogP contribution in [0.5, 0.6) is 0 Å². The number of rotatable bonds is 2. The number of anilines is 1. The second-order valence-corrected chi connectivity index (χ2v) is 9.04. The molecule has 0 N–H and O–H groups in total. The lowest BCUT2D eigenvalue weighted by Crippen LogP contribution is -2.32. The van der Waals surface area contributed by atoms with Crippen molar-refractivity contribution in [2.45, 2.75) is 26.3 Å². The maximum absolute atomic E-state index is 6.54. The van der Waals surface area contributed by atoms with Crippen molar-refractivity contribution in [2.75, 3.05) is 25.0 Å². The average molecular weight is 387 g/mol. The molecular weight excluding hydrogens is 363 g/mol. The number of hydrogen-bond acceptors (Lipinski definition) is 2. The Bertz CT molecular complexity index is 872. The number of halogens is 2. The first-order valence-corrected chi connectivity index (χ1v) is 9.81. The second kappa shape index (κ2) is 6.60. The van der Waals surface area contributed by atoms with Crippen molar-refractivity contribution in [3.05, 3.63) is 75.4 Å². The summed E-state index contributed by atoms with van der Waals surface area (Å²) >= 11 is 12.9. The minimum atomic E-state index is 0.195. The van der Waals surface area contributed by atoms with E-state index in [2.05, 4.69) is 73.3 Å². The fourth-order valence-corrected chi connectivity index (χ4v) is 4.73. The zero-order chi connectivity index (χ0) is 18.5. The van der Waals surface area contributed by atoms with Gasteiger partial charge in [0.05, 0.1) is 0 Å². The summed E-state index contributed by atoms with van der Waals surface area (Å²) in [5.74, 6) is 0.258. The summed E-state index contributed by atoms with van der Waals surface area (Å²) in [7, 11) is 2.16. The van der Waals surface area contributed by atoms with Crippen LogP contribution in [0.25, 0.3) is 0 Å². The van der Waals surface area contributed by atoms with E-state index in [1.807, 2.05) is 6.07 Å². The molecule has 2 aromatic rings. The first-order valence-electron chi connectivity index (χ1n) is 9.05. The molecule has 4 rings (SSSR count). The predicted octanol–water partition coefficient (Wildman–Crippen LogP) is 5.93. The van der Waals surface area contributed by atoms with Crippen molar-refractivity contribution >= 4 is 28.9 Å². The van der Waals surface area contributed by atoms with Gasteiger partial charge in [-0.05, 0) is 41.9 Å². The van der Waals surface area contributed by atoms with E-state index in [0.717, 1.165) is 24.7 Å². The predicted molar refractivity (Wildman–Crippen MR) is 111 cm³/mol. The number of nitrogens with zero attached hydrogens (tertiary/aromatic N) is 2. The van der Waals surface area contributed by atoms with Gasteiger partial charge in [0.15, 0.2) is 0 Å². The van der Waals surface area contributed by atoms with Crippen molar-refractivity contribution in [2.24, 2.45) is 5.41 Å². The van der Waals surface area contributed by atoms with Gasteiger partial charge in [-0.2, -0.15) is 0 Å². The lowest BCUT2D eigenvalue weighted by atomic mass is 9.83. The molecule has 0 bridgehead atoms. The fourth-order valence-electron chi connectivity index (χ4n) is 4.16. The van der Waals surface area contributed by atoms with Crippen LogP contribution >= 0.6 is 23.2 Å². The lowest BCUT2D eigenvalue weighted by molar-refractivity contribution is 0.295. The molecule has 0 aromatic heterocycles. The van der Waals surface area contributed by atoms with E-state index in [1.54, 1.807) is 0 Å². The van der Waals surface area contributed by atoms with Crippen molar-refractivity contribution in [3.8, 4) is 0 Å². The molecule has 1 atom stereocenters. The molecule has 2 heterocycles. The molecule has 0 saturated carbocycles. The maximum atomic E-state index is 6.54. The quantitative estimate of drug-likeness (QED) is 0.630. The van der Waals surface area contributed by atoms with Crippen molar-refractivity contribution in [1.82, 2.24) is 4.90 Å². The maximum Gasteiger partial charge on any atom is 0.0468 e. The van der Waals surface area contributed by atoms with Gasteiger partial charge in [0.1, 0.15) is 0 Å². The highest BCUT2D eigenvalue weighted by Crippen LogP contribution is 2.42. The van der Waals surface area contributed by atoms with E-state index in [1.165, 1.54) is 22.4 Å². The minimum absolute atomic E-state index is 0.195. The molecule has 26 heavy (non-hydrogen) atoms. The van der Waals surface area contributed by atoms with Crippen LogP contribution < -0.4 is 4.90 Å². The number of para-hydroxylation sites is 1. The highest BCUT2D eigenvalue weighted by molar-refractivity contribution is 6.35. The van der Waals surface area contributed by atoms with Gasteiger partial charge >= 0.3 is 0 Å². The smallest absolute Gasteiger partial charge is 0.0468 e. The Morgan fingerprint density at radius 2 is 1.85 bits per heavy atom. The van der Waals surface area contributed by atoms with Crippen LogP contribution in [0.1, 0.15) is 36.5 Å². The molecule has 0 saturated heterocycles. The topological polar surface area (TPSA) is 6.48 Å². The fraction of sp³-hybridized carbons (Fsp3) is 0.364. The Hall–Kier alpha value is -1.48.